The highest BCUT2D eigenvalue weighted by Gasteiger charge is 2.40. The highest BCUT2D eigenvalue weighted by molar-refractivity contribution is 5.84. The molecule has 4 rings (SSSR count). The number of carbonyl (C=O) groups is 1. The van der Waals surface area contributed by atoms with E-state index in [1.807, 2.05) is 12.3 Å². The Bertz CT molecular complexity index is 700. The number of benzene rings is 1. The van der Waals surface area contributed by atoms with Crippen molar-refractivity contribution < 1.29 is 9.53 Å². The number of carbonyl (C=O) groups excluding carboxylic acids is 1. The summed E-state index contributed by atoms with van der Waals surface area (Å²) < 4.78 is 5.59. The lowest BCUT2D eigenvalue weighted by molar-refractivity contribution is -0.134. The van der Waals surface area contributed by atoms with Gasteiger partial charge < -0.3 is 14.6 Å². The number of para-hydroxylation sites is 1. The summed E-state index contributed by atoms with van der Waals surface area (Å²) in [4.78, 5) is 18.0. The molecule has 1 spiro atoms. The number of hydrogen-bond acceptors (Lipinski definition) is 2. The summed E-state index contributed by atoms with van der Waals surface area (Å²) in [6, 6.07) is 8.28. The zero-order chi connectivity index (χ0) is 15.7. The first-order valence-corrected chi connectivity index (χ1v) is 8.66. The molecule has 1 aromatic carbocycles. The molecular formula is C19H24N2O2. The molecule has 1 N–H and O–H groups in total. The smallest absolute Gasteiger partial charge is 0.222 e. The molecule has 1 amide bonds. The first kappa shape index (κ1) is 14.8. The van der Waals surface area contributed by atoms with E-state index in [0.717, 1.165) is 51.1 Å². The molecule has 3 heterocycles. The predicted molar refractivity (Wildman–Crippen MR) is 90.3 cm³/mol. The average molecular weight is 312 g/mol. The van der Waals surface area contributed by atoms with Crippen LogP contribution in [0.4, 0.5) is 0 Å². The summed E-state index contributed by atoms with van der Waals surface area (Å²) in [6.07, 6.45) is 6.88. The number of aromatic amines is 1. The second kappa shape index (κ2) is 6.00. The Labute approximate surface area is 136 Å². The van der Waals surface area contributed by atoms with Crippen molar-refractivity contribution in [2.24, 2.45) is 5.41 Å². The Morgan fingerprint density at radius 2 is 2.22 bits per heavy atom. The van der Waals surface area contributed by atoms with Gasteiger partial charge in [-0.1, -0.05) is 18.2 Å². The van der Waals surface area contributed by atoms with Crippen molar-refractivity contribution in [3.05, 3.63) is 36.0 Å². The molecule has 122 valence electrons. The molecule has 0 bridgehead atoms. The molecule has 0 saturated carbocycles. The summed E-state index contributed by atoms with van der Waals surface area (Å²) in [7, 11) is 0. The lowest BCUT2D eigenvalue weighted by Gasteiger charge is -2.39. The molecule has 0 unspecified atom stereocenters. The Kier molecular flexibility index (Phi) is 3.85. The van der Waals surface area contributed by atoms with E-state index < -0.39 is 0 Å². The van der Waals surface area contributed by atoms with Crippen LogP contribution in [0.3, 0.4) is 0 Å². The number of ether oxygens (including phenoxy) is 1. The molecule has 4 nitrogen and oxygen atoms in total. The molecule has 0 radical (unpaired) electrons. The van der Waals surface area contributed by atoms with E-state index in [9.17, 15) is 4.79 Å². The van der Waals surface area contributed by atoms with Gasteiger partial charge in [-0.3, -0.25) is 4.79 Å². The van der Waals surface area contributed by atoms with Gasteiger partial charge in [-0.15, -0.1) is 0 Å². The van der Waals surface area contributed by atoms with Gasteiger partial charge in [-0.25, -0.2) is 0 Å². The van der Waals surface area contributed by atoms with Gasteiger partial charge in [0.15, 0.2) is 0 Å². The van der Waals surface area contributed by atoms with E-state index in [-0.39, 0.29) is 5.41 Å². The molecule has 4 heteroatoms. The third kappa shape index (κ3) is 2.88. The first-order chi connectivity index (χ1) is 11.3. The molecule has 2 aromatic rings. The molecule has 2 aliphatic rings. The third-order valence-electron chi connectivity index (χ3n) is 5.48. The average Bonchev–Trinajstić information content (AvgIpc) is 3.20. The van der Waals surface area contributed by atoms with Crippen molar-refractivity contribution in [1.82, 2.24) is 9.88 Å². The number of H-pyrrole nitrogens is 1. The maximum Gasteiger partial charge on any atom is 0.222 e. The van der Waals surface area contributed by atoms with Gasteiger partial charge >= 0.3 is 0 Å². The summed E-state index contributed by atoms with van der Waals surface area (Å²) in [6.45, 7) is 3.49. The number of nitrogens with one attached hydrogen (secondary N) is 1. The quantitative estimate of drug-likeness (QED) is 0.946. The molecule has 2 fully saturated rings. The lowest BCUT2D eigenvalue weighted by Crippen LogP contribution is -2.46. The van der Waals surface area contributed by atoms with Crippen LogP contribution in [-0.2, 0) is 16.0 Å². The monoisotopic (exact) mass is 312 g/mol. The summed E-state index contributed by atoms with van der Waals surface area (Å²) in [5.74, 6) is 0.293. The zero-order valence-electron chi connectivity index (χ0n) is 13.5. The first-order valence-electron chi connectivity index (χ1n) is 8.66. The minimum atomic E-state index is 0.245. The van der Waals surface area contributed by atoms with Gasteiger partial charge in [-0.2, -0.15) is 0 Å². The fraction of sp³-hybridized carbons (Fsp3) is 0.526. The Morgan fingerprint density at radius 3 is 3.09 bits per heavy atom. The van der Waals surface area contributed by atoms with Crippen molar-refractivity contribution in [3.8, 4) is 0 Å². The standard InChI is InChI=1S/C19H24N2O2/c22-18(21-10-3-8-19(13-21)9-11-23-14-19)7-6-15-12-20-17-5-2-1-4-16(15)17/h1-2,4-5,12,20H,3,6-11,13-14H2/t19-/m0/s1. The highest BCUT2D eigenvalue weighted by atomic mass is 16.5. The van der Waals surface area contributed by atoms with Crippen LogP contribution < -0.4 is 0 Å². The van der Waals surface area contributed by atoms with Gasteiger partial charge in [0.2, 0.25) is 5.91 Å². The molecule has 0 aliphatic carbocycles. The van der Waals surface area contributed by atoms with Gasteiger partial charge in [0.1, 0.15) is 0 Å². The van der Waals surface area contributed by atoms with Crippen LogP contribution in [0, 0.1) is 5.41 Å². The second-order valence-corrected chi connectivity index (χ2v) is 7.08. The van der Waals surface area contributed by atoms with Crippen LogP contribution in [0.2, 0.25) is 0 Å². The maximum absolute atomic E-state index is 12.6. The minimum Gasteiger partial charge on any atom is -0.381 e. The topological polar surface area (TPSA) is 45.3 Å². The van der Waals surface area contributed by atoms with Gasteiger partial charge in [0.05, 0.1) is 6.61 Å². The van der Waals surface area contributed by atoms with Crippen LogP contribution in [0.15, 0.2) is 30.5 Å². The van der Waals surface area contributed by atoms with E-state index in [0.29, 0.717) is 12.3 Å². The highest BCUT2D eigenvalue weighted by Crippen LogP contribution is 2.37. The van der Waals surface area contributed by atoms with Crippen molar-refractivity contribution in [2.75, 3.05) is 26.3 Å². The van der Waals surface area contributed by atoms with Crippen molar-refractivity contribution in [1.29, 1.82) is 0 Å². The Balaban J connectivity index is 1.40. The number of aromatic nitrogens is 1. The Hall–Kier alpha value is -1.81. The van der Waals surface area contributed by atoms with Crippen LogP contribution in [-0.4, -0.2) is 42.1 Å². The van der Waals surface area contributed by atoms with Crippen molar-refractivity contribution in [2.45, 2.75) is 32.1 Å². The van der Waals surface area contributed by atoms with Crippen LogP contribution in [0.25, 0.3) is 10.9 Å². The number of hydrogen-bond donors (Lipinski definition) is 1. The van der Waals surface area contributed by atoms with Crippen molar-refractivity contribution >= 4 is 16.8 Å². The fourth-order valence-electron chi connectivity index (χ4n) is 4.13. The normalized spacial score (nSPS) is 24.6. The largest absolute Gasteiger partial charge is 0.381 e. The van der Waals surface area contributed by atoms with Crippen LogP contribution in [0.1, 0.15) is 31.2 Å². The van der Waals surface area contributed by atoms with E-state index in [1.165, 1.54) is 17.4 Å². The number of nitrogens with zero attached hydrogens (tertiary/aromatic N) is 1. The molecule has 2 saturated heterocycles. The Morgan fingerprint density at radius 1 is 1.30 bits per heavy atom. The number of amides is 1. The zero-order valence-corrected chi connectivity index (χ0v) is 13.5. The summed E-state index contributed by atoms with van der Waals surface area (Å²) >= 11 is 0. The number of likely N-dealkylation sites (tertiary alicyclic amines) is 1. The lowest BCUT2D eigenvalue weighted by atomic mass is 9.79. The molecule has 23 heavy (non-hydrogen) atoms. The maximum atomic E-state index is 12.6. The molecule has 1 atom stereocenters. The molecule has 1 aromatic heterocycles. The van der Waals surface area contributed by atoms with Crippen LogP contribution >= 0.6 is 0 Å². The van der Waals surface area contributed by atoms with Gasteiger partial charge in [-0.05, 0) is 37.3 Å². The number of rotatable bonds is 3. The summed E-state index contributed by atoms with van der Waals surface area (Å²) in [5.41, 5.74) is 2.63. The van der Waals surface area contributed by atoms with Gasteiger partial charge in [0, 0.05) is 48.6 Å². The van der Waals surface area contributed by atoms with Crippen LogP contribution in [0.5, 0.6) is 0 Å². The van der Waals surface area contributed by atoms with E-state index in [1.54, 1.807) is 0 Å². The fourth-order valence-corrected chi connectivity index (χ4v) is 4.13. The van der Waals surface area contributed by atoms with E-state index in [4.69, 9.17) is 4.74 Å². The third-order valence-corrected chi connectivity index (χ3v) is 5.48. The number of piperidine rings is 1. The molecule has 2 aliphatic heterocycles. The molecular weight excluding hydrogens is 288 g/mol. The number of aryl methyl sites for hydroxylation is 1. The van der Waals surface area contributed by atoms with E-state index in [2.05, 4.69) is 28.1 Å². The minimum absolute atomic E-state index is 0.245. The number of fused-ring (bicyclic) bond motifs is 1. The predicted octanol–water partition coefficient (Wildman–Crippen LogP) is 3.13. The van der Waals surface area contributed by atoms with Gasteiger partial charge in [0.25, 0.3) is 0 Å². The van der Waals surface area contributed by atoms with Crippen molar-refractivity contribution in [3.63, 3.8) is 0 Å². The van der Waals surface area contributed by atoms with E-state index >= 15 is 0 Å². The SMILES string of the molecule is O=C(CCc1c[nH]c2ccccc12)N1CCC[C@]2(CCOC2)C1. The second-order valence-electron chi connectivity index (χ2n) is 7.08. The summed E-state index contributed by atoms with van der Waals surface area (Å²) in [5, 5.41) is 1.24.